The van der Waals surface area contributed by atoms with Gasteiger partial charge in [-0.3, -0.25) is 14.9 Å². The number of rotatable bonds is 8. The normalized spacial score (nSPS) is 10.6. The first kappa shape index (κ1) is 17.5. The second kappa shape index (κ2) is 8.58. The molecule has 3 N–H and O–H groups in total. The van der Waals surface area contributed by atoms with E-state index in [1.807, 2.05) is 0 Å². The summed E-state index contributed by atoms with van der Waals surface area (Å²) < 4.78 is 0. The lowest BCUT2D eigenvalue weighted by molar-refractivity contribution is -0.149. The quantitative estimate of drug-likeness (QED) is 0.461. The van der Waals surface area contributed by atoms with E-state index in [1.54, 1.807) is 17.8 Å². The lowest BCUT2D eigenvalue weighted by Crippen LogP contribution is -2.42. The van der Waals surface area contributed by atoms with Gasteiger partial charge in [-0.1, -0.05) is 6.08 Å². The minimum Gasteiger partial charge on any atom is -0.481 e. The first-order valence-electron chi connectivity index (χ1n) is 5.79. The van der Waals surface area contributed by atoms with Gasteiger partial charge < -0.3 is 10.4 Å². The number of thioether (sulfide) groups is 1. The van der Waals surface area contributed by atoms with Crippen molar-refractivity contribution in [1.29, 1.82) is 0 Å². The van der Waals surface area contributed by atoms with E-state index in [-0.39, 0.29) is 6.42 Å². The predicted molar refractivity (Wildman–Crippen MR) is 75.1 cm³/mol. The summed E-state index contributed by atoms with van der Waals surface area (Å²) in [5.41, 5.74) is -1.19. The molecule has 3 amide bonds. The zero-order valence-electron chi connectivity index (χ0n) is 11.2. The molecule has 19 heavy (non-hydrogen) atoms. The number of carboxylic acid groups (broad SMARTS) is 1. The summed E-state index contributed by atoms with van der Waals surface area (Å²) in [4.78, 5) is 33.6. The third kappa shape index (κ3) is 8.25. The van der Waals surface area contributed by atoms with Crippen molar-refractivity contribution in [3.05, 3.63) is 12.7 Å². The number of imide groups is 1. The summed E-state index contributed by atoms with van der Waals surface area (Å²) in [7, 11) is 0. The van der Waals surface area contributed by atoms with Crippen LogP contribution in [0.1, 0.15) is 20.3 Å². The van der Waals surface area contributed by atoms with Crippen molar-refractivity contribution in [3.63, 3.8) is 0 Å². The SMILES string of the molecule is C=CCSCCNC(=O)NC(=O)CC(C)(C)C(=O)O. The molecule has 0 atom stereocenters. The molecule has 0 aliphatic rings. The Kier molecular flexibility index (Phi) is 7.90. The molecule has 0 aromatic carbocycles. The van der Waals surface area contributed by atoms with Crippen LogP contribution in [-0.4, -0.2) is 41.1 Å². The summed E-state index contributed by atoms with van der Waals surface area (Å²) in [5, 5.41) is 13.5. The number of hydrogen-bond acceptors (Lipinski definition) is 4. The lowest BCUT2D eigenvalue weighted by atomic mass is 9.89. The Morgan fingerprint density at radius 3 is 2.53 bits per heavy atom. The average Bonchev–Trinajstić information content (AvgIpc) is 2.27. The molecule has 0 radical (unpaired) electrons. The van der Waals surface area contributed by atoms with E-state index in [0.29, 0.717) is 12.3 Å². The molecule has 0 spiro atoms. The van der Waals surface area contributed by atoms with Gasteiger partial charge in [-0.2, -0.15) is 11.8 Å². The highest BCUT2D eigenvalue weighted by Crippen LogP contribution is 2.19. The number of carboxylic acids is 1. The molecule has 0 aromatic heterocycles. The van der Waals surface area contributed by atoms with Crippen LogP contribution in [-0.2, 0) is 9.59 Å². The molecule has 0 aliphatic heterocycles. The first-order chi connectivity index (χ1) is 8.79. The lowest BCUT2D eigenvalue weighted by Gasteiger charge is -2.17. The third-order valence-electron chi connectivity index (χ3n) is 2.20. The number of carbonyl (C=O) groups is 3. The van der Waals surface area contributed by atoms with Gasteiger partial charge in [0.25, 0.3) is 0 Å². The number of amides is 3. The fraction of sp³-hybridized carbons (Fsp3) is 0.583. The van der Waals surface area contributed by atoms with Crippen molar-refractivity contribution < 1.29 is 19.5 Å². The number of carbonyl (C=O) groups excluding carboxylic acids is 2. The highest BCUT2D eigenvalue weighted by atomic mass is 32.2. The summed E-state index contributed by atoms with van der Waals surface area (Å²) in [6.45, 7) is 6.86. The van der Waals surface area contributed by atoms with Crippen molar-refractivity contribution in [1.82, 2.24) is 10.6 Å². The summed E-state index contributed by atoms with van der Waals surface area (Å²) in [6, 6.07) is -0.606. The fourth-order valence-electron chi connectivity index (χ4n) is 1.10. The van der Waals surface area contributed by atoms with E-state index in [2.05, 4.69) is 17.2 Å². The Bertz CT molecular complexity index is 356. The van der Waals surface area contributed by atoms with Gasteiger partial charge in [-0.15, -0.1) is 6.58 Å². The van der Waals surface area contributed by atoms with Crippen molar-refractivity contribution in [2.45, 2.75) is 20.3 Å². The number of urea groups is 1. The zero-order chi connectivity index (χ0) is 14.9. The van der Waals surface area contributed by atoms with Crippen LogP contribution in [0.4, 0.5) is 4.79 Å². The van der Waals surface area contributed by atoms with Crippen molar-refractivity contribution in [2.75, 3.05) is 18.1 Å². The minimum atomic E-state index is -1.19. The van der Waals surface area contributed by atoms with Crippen LogP contribution in [0.5, 0.6) is 0 Å². The molecular formula is C12H20N2O4S. The van der Waals surface area contributed by atoms with E-state index in [4.69, 9.17) is 5.11 Å². The Balaban J connectivity index is 3.90. The highest BCUT2D eigenvalue weighted by Gasteiger charge is 2.30. The van der Waals surface area contributed by atoms with Crippen LogP contribution in [0.2, 0.25) is 0 Å². The fourth-order valence-corrected chi connectivity index (χ4v) is 1.68. The Morgan fingerprint density at radius 2 is 2.00 bits per heavy atom. The van der Waals surface area contributed by atoms with Gasteiger partial charge in [0.2, 0.25) is 5.91 Å². The molecule has 0 aliphatic carbocycles. The van der Waals surface area contributed by atoms with Crippen LogP contribution in [0, 0.1) is 5.41 Å². The molecule has 0 unspecified atom stereocenters. The molecule has 0 rings (SSSR count). The molecule has 0 heterocycles. The Hall–Kier alpha value is -1.50. The monoisotopic (exact) mass is 288 g/mol. The molecular weight excluding hydrogens is 268 g/mol. The maximum absolute atomic E-state index is 11.5. The molecule has 0 aromatic rings. The van der Waals surface area contributed by atoms with E-state index in [0.717, 1.165) is 5.75 Å². The molecule has 108 valence electrons. The van der Waals surface area contributed by atoms with Gasteiger partial charge in [-0.05, 0) is 13.8 Å². The number of hydrogen-bond donors (Lipinski definition) is 3. The smallest absolute Gasteiger partial charge is 0.321 e. The Labute approximate surface area is 117 Å². The average molecular weight is 288 g/mol. The van der Waals surface area contributed by atoms with Crippen LogP contribution in [0.25, 0.3) is 0 Å². The van der Waals surface area contributed by atoms with Gasteiger partial charge in [-0.25, -0.2) is 4.79 Å². The predicted octanol–water partition coefficient (Wildman–Crippen LogP) is 1.23. The second-order valence-corrected chi connectivity index (χ2v) is 5.68. The van der Waals surface area contributed by atoms with Crippen molar-refractivity contribution in [2.24, 2.45) is 5.41 Å². The van der Waals surface area contributed by atoms with E-state index in [1.165, 1.54) is 13.8 Å². The summed E-state index contributed by atoms with van der Waals surface area (Å²) in [6.07, 6.45) is 1.52. The standard InChI is InChI=1S/C12H20N2O4S/c1-4-6-19-7-5-13-11(18)14-9(15)8-12(2,3)10(16)17/h4H,1,5-8H2,2-3H3,(H,16,17)(H2,13,14,15,18). The minimum absolute atomic E-state index is 0.249. The molecule has 0 bridgehead atoms. The largest absolute Gasteiger partial charge is 0.481 e. The van der Waals surface area contributed by atoms with Gasteiger partial charge in [0.1, 0.15) is 0 Å². The second-order valence-electron chi connectivity index (χ2n) is 4.53. The van der Waals surface area contributed by atoms with E-state index in [9.17, 15) is 14.4 Å². The van der Waals surface area contributed by atoms with Crippen molar-refractivity contribution in [3.8, 4) is 0 Å². The van der Waals surface area contributed by atoms with Gasteiger partial charge in [0, 0.05) is 24.5 Å². The zero-order valence-corrected chi connectivity index (χ0v) is 12.0. The molecule has 0 saturated heterocycles. The van der Waals surface area contributed by atoms with Crippen LogP contribution in [0.3, 0.4) is 0 Å². The van der Waals surface area contributed by atoms with E-state index >= 15 is 0 Å². The van der Waals surface area contributed by atoms with Gasteiger partial charge in [0.05, 0.1) is 5.41 Å². The van der Waals surface area contributed by atoms with Gasteiger partial charge in [0.15, 0.2) is 0 Å². The number of aliphatic carboxylic acids is 1. The van der Waals surface area contributed by atoms with Crippen LogP contribution >= 0.6 is 11.8 Å². The maximum atomic E-state index is 11.5. The Morgan fingerprint density at radius 1 is 1.37 bits per heavy atom. The molecule has 0 fully saturated rings. The highest BCUT2D eigenvalue weighted by molar-refractivity contribution is 7.99. The topological polar surface area (TPSA) is 95.5 Å². The molecule has 7 heteroatoms. The number of nitrogens with one attached hydrogen (secondary N) is 2. The van der Waals surface area contributed by atoms with Crippen molar-refractivity contribution >= 4 is 29.7 Å². The van der Waals surface area contributed by atoms with E-state index < -0.39 is 23.3 Å². The van der Waals surface area contributed by atoms with Crippen LogP contribution < -0.4 is 10.6 Å². The maximum Gasteiger partial charge on any atom is 0.321 e. The van der Waals surface area contributed by atoms with Gasteiger partial charge >= 0.3 is 12.0 Å². The third-order valence-corrected chi connectivity index (χ3v) is 3.17. The molecule has 6 nitrogen and oxygen atoms in total. The summed E-state index contributed by atoms with van der Waals surface area (Å²) in [5.74, 6) is -0.170. The molecule has 0 saturated carbocycles. The van der Waals surface area contributed by atoms with Crippen LogP contribution in [0.15, 0.2) is 12.7 Å². The first-order valence-corrected chi connectivity index (χ1v) is 6.95. The summed E-state index contributed by atoms with van der Waals surface area (Å²) >= 11 is 1.60.